The number of rotatable bonds is 6. The fourth-order valence-corrected chi connectivity index (χ4v) is 2.64. The molecule has 0 fully saturated rings. The van der Waals surface area contributed by atoms with Gasteiger partial charge in [-0.2, -0.15) is 0 Å². The van der Waals surface area contributed by atoms with E-state index in [1.54, 1.807) is 25.3 Å². The zero-order valence-corrected chi connectivity index (χ0v) is 15.4. The minimum absolute atomic E-state index is 0.0340. The van der Waals surface area contributed by atoms with Crippen LogP contribution in [-0.2, 0) is 0 Å². The van der Waals surface area contributed by atoms with Gasteiger partial charge in [0.2, 0.25) is 5.88 Å². The van der Waals surface area contributed by atoms with Gasteiger partial charge in [-0.3, -0.25) is 19.3 Å². The van der Waals surface area contributed by atoms with Crippen molar-refractivity contribution in [2.45, 2.75) is 26.3 Å². The predicted octanol–water partition coefficient (Wildman–Crippen LogP) is 3.35. The quantitative estimate of drug-likeness (QED) is 0.607. The summed E-state index contributed by atoms with van der Waals surface area (Å²) in [7, 11) is 3.07. The van der Waals surface area contributed by atoms with Crippen LogP contribution in [0.5, 0.6) is 17.4 Å². The maximum atomic E-state index is 12.2. The van der Waals surface area contributed by atoms with Gasteiger partial charge in [-0.05, 0) is 37.7 Å². The van der Waals surface area contributed by atoms with E-state index in [2.05, 4.69) is 9.98 Å². The fourth-order valence-electron chi connectivity index (χ4n) is 2.29. The third-order valence-corrected chi connectivity index (χ3v) is 4.20. The number of hydrogen-bond donors (Lipinski definition) is 2. The number of H-pyrrole nitrogens is 1. The lowest BCUT2D eigenvalue weighted by Crippen LogP contribution is -2.20. The largest absolute Gasteiger partial charge is 0.497 e. The first-order valence-electron chi connectivity index (χ1n) is 7.76. The minimum atomic E-state index is -0.502. The Kier molecular flexibility index (Phi) is 5.97. The molecule has 0 spiro atoms. The molecule has 0 aliphatic carbocycles. The Bertz CT molecular complexity index is 902. The lowest BCUT2D eigenvalue weighted by atomic mass is 10.2. The summed E-state index contributed by atoms with van der Waals surface area (Å²) in [6, 6.07) is 5.05. The fraction of sp³-hybridized carbons (Fsp3) is 0.353. The van der Waals surface area contributed by atoms with E-state index in [-0.39, 0.29) is 22.3 Å². The summed E-state index contributed by atoms with van der Waals surface area (Å²) in [6.45, 7) is 3.87. The maximum absolute atomic E-state index is 12.2. The summed E-state index contributed by atoms with van der Waals surface area (Å²) in [5.41, 5.74) is 0.0321. The van der Waals surface area contributed by atoms with Crippen molar-refractivity contribution in [3.8, 4) is 17.4 Å². The van der Waals surface area contributed by atoms with Gasteiger partial charge in [0.1, 0.15) is 22.7 Å². The van der Waals surface area contributed by atoms with Gasteiger partial charge in [0.25, 0.3) is 5.56 Å². The van der Waals surface area contributed by atoms with Crippen molar-refractivity contribution in [1.29, 1.82) is 0 Å². The molecule has 0 radical (unpaired) electrons. The maximum Gasteiger partial charge on any atom is 0.264 e. The second-order valence-electron chi connectivity index (χ2n) is 5.42. The molecule has 1 atom stereocenters. The van der Waals surface area contributed by atoms with Gasteiger partial charge in [-0.1, -0.05) is 6.92 Å². The molecule has 1 aromatic heterocycles. The summed E-state index contributed by atoms with van der Waals surface area (Å²) in [5, 5.41) is 10.5. The first-order valence-corrected chi connectivity index (χ1v) is 8.17. The highest BCUT2D eigenvalue weighted by molar-refractivity contribution is 7.71. The Balaban J connectivity index is 2.52. The number of nitrogens with zero attached hydrogens (tertiary/aromatic N) is 2. The Morgan fingerprint density at radius 2 is 2.12 bits per heavy atom. The molecule has 0 saturated heterocycles. The summed E-state index contributed by atoms with van der Waals surface area (Å²) in [5.74, 6) is 0.905. The Morgan fingerprint density at radius 3 is 2.72 bits per heavy atom. The third-order valence-electron chi connectivity index (χ3n) is 3.90. The van der Waals surface area contributed by atoms with E-state index >= 15 is 0 Å². The van der Waals surface area contributed by atoms with Crippen molar-refractivity contribution >= 4 is 24.1 Å². The summed E-state index contributed by atoms with van der Waals surface area (Å²) < 4.78 is 12.1. The highest BCUT2D eigenvalue weighted by Gasteiger charge is 2.15. The lowest BCUT2D eigenvalue weighted by Gasteiger charge is -2.16. The van der Waals surface area contributed by atoms with Crippen molar-refractivity contribution in [2.24, 2.45) is 4.99 Å². The molecular weight excluding hydrogens is 342 g/mol. The van der Waals surface area contributed by atoms with E-state index in [0.717, 1.165) is 6.42 Å². The summed E-state index contributed by atoms with van der Waals surface area (Å²) in [6.07, 6.45) is 2.04. The molecule has 0 saturated carbocycles. The van der Waals surface area contributed by atoms with Crippen molar-refractivity contribution in [2.75, 3.05) is 14.2 Å². The molecule has 8 heteroatoms. The molecule has 1 unspecified atom stereocenters. The molecule has 0 aliphatic heterocycles. The Labute approximate surface area is 150 Å². The SMILES string of the molecule is CCC(C)n1c(O)c(C=Nc2ccc(OC)cc2OC)c(=O)[nH]c1=S. The number of benzene rings is 1. The lowest BCUT2D eigenvalue weighted by molar-refractivity contribution is 0.371. The standard InChI is InChI=1S/C17H21N3O4S/c1-5-10(2)20-16(22)12(15(21)19-17(20)25)9-18-13-7-6-11(23-3)8-14(13)24-4/h6-10,22H,5H2,1-4H3,(H,19,21,25). The van der Waals surface area contributed by atoms with E-state index < -0.39 is 5.56 Å². The van der Waals surface area contributed by atoms with Crippen LogP contribution in [0.3, 0.4) is 0 Å². The number of methoxy groups -OCH3 is 2. The molecule has 2 N–H and O–H groups in total. The zero-order valence-electron chi connectivity index (χ0n) is 14.6. The molecule has 7 nitrogen and oxygen atoms in total. The van der Waals surface area contributed by atoms with E-state index in [4.69, 9.17) is 21.7 Å². The van der Waals surface area contributed by atoms with E-state index in [0.29, 0.717) is 17.2 Å². The van der Waals surface area contributed by atoms with Crippen LogP contribution in [-0.4, -0.2) is 35.1 Å². The van der Waals surface area contributed by atoms with Gasteiger partial charge in [-0.25, -0.2) is 0 Å². The Morgan fingerprint density at radius 1 is 1.40 bits per heavy atom. The smallest absolute Gasteiger partial charge is 0.264 e. The van der Waals surface area contributed by atoms with Crippen LogP contribution in [0.1, 0.15) is 31.9 Å². The van der Waals surface area contributed by atoms with Crippen LogP contribution in [0.4, 0.5) is 5.69 Å². The number of ether oxygens (including phenoxy) is 2. The van der Waals surface area contributed by atoms with Gasteiger partial charge in [0.05, 0.1) is 14.2 Å². The van der Waals surface area contributed by atoms with Crippen LogP contribution < -0.4 is 15.0 Å². The average molecular weight is 363 g/mol. The second kappa shape index (κ2) is 7.98. The molecule has 2 rings (SSSR count). The number of hydrogen-bond acceptors (Lipinski definition) is 6. The highest BCUT2D eigenvalue weighted by Crippen LogP contribution is 2.31. The van der Waals surface area contributed by atoms with Crippen molar-refractivity contribution in [3.63, 3.8) is 0 Å². The van der Waals surface area contributed by atoms with Crippen LogP contribution >= 0.6 is 12.2 Å². The molecule has 134 valence electrons. The topological polar surface area (TPSA) is 88.8 Å². The number of aromatic nitrogens is 2. The number of aromatic hydroxyl groups is 1. The summed E-state index contributed by atoms with van der Waals surface area (Å²) >= 11 is 5.14. The number of aliphatic imine (C=N–C) groups is 1. The van der Waals surface area contributed by atoms with Gasteiger partial charge in [0.15, 0.2) is 4.77 Å². The molecule has 0 amide bonds. The van der Waals surface area contributed by atoms with Gasteiger partial charge in [0, 0.05) is 18.3 Å². The normalized spacial score (nSPS) is 12.3. The molecular formula is C17H21N3O4S. The van der Waals surface area contributed by atoms with Gasteiger partial charge < -0.3 is 14.6 Å². The van der Waals surface area contributed by atoms with E-state index in [9.17, 15) is 9.90 Å². The van der Waals surface area contributed by atoms with Gasteiger partial charge >= 0.3 is 0 Å². The molecule has 0 aliphatic rings. The summed E-state index contributed by atoms with van der Waals surface area (Å²) in [4.78, 5) is 19.0. The zero-order chi connectivity index (χ0) is 18.6. The third kappa shape index (κ3) is 3.90. The first kappa shape index (κ1) is 18.7. The second-order valence-corrected chi connectivity index (χ2v) is 5.81. The predicted molar refractivity (Wildman–Crippen MR) is 99.4 cm³/mol. The molecule has 0 bridgehead atoms. The average Bonchev–Trinajstić information content (AvgIpc) is 2.60. The van der Waals surface area contributed by atoms with Crippen molar-refractivity contribution < 1.29 is 14.6 Å². The van der Waals surface area contributed by atoms with E-state index in [1.165, 1.54) is 17.9 Å². The highest BCUT2D eigenvalue weighted by atomic mass is 32.1. The van der Waals surface area contributed by atoms with Gasteiger partial charge in [-0.15, -0.1) is 0 Å². The van der Waals surface area contributed by atoms with Crippen LogP contribution in [0.2, 0.25) is 0 Å². The van der Waals surface area contributed by atoms with Crippen LogP contribution in [0.15, 0.2) is 28.0 Å². The van der Waals surface area contributed by atoms with Crippen molar-refractivity contribution in [3.05, 3.63) is 38.9 Å². The number of nitrogens with one attached hydrogen (secondary N) is 1. The molecule has 25 heavy (non-hydrogen) atoms. The molecule has 2 aromatic rings. The number of aromatic amines is 1. The Hall–Kier alpha value is -2.61. The first-order chi connectivity index (χ1) is 11.9. The van der Waals surface area contributed by atoms with E-state index in [1.807, 2.05) is 13.8 Å². The monoisotopic (exact) mass is 363 g/mol. The molecule has 1 heterocycles. The minimum Gasteiger partial charge on any atom is -0.497 e. The van der Waals surface area contributed by atoms with Crippen LogP contribution in [0, 0.1) is 4.77 Å². The van der Waals surface area contributed by atoms with Crippen molar-refractivity contribution in [1.82, 2.24) is 9.55 Å². The van der Waals surface area contributed by atoms with Crippen LogP contribution in [0.25, 0.3) is 0 Å². The molecule has 1 aromatic carbocycles.